The Hall–Kier alpha value is 0.310. The van der Waals surface area contributed by atoms with Crippen LogP contribution in [-0.4, -0.2) is 23.6 Å². The van der Waals surface area contributed by atoms with Crippen LogP contribution in [0.1, 0.15) is 58.8 Å². The Labute approximate surface area is 105 Å². The molecule has 2 heteroatoms. The first-order valence-electron chi connectivity index (χ1n) is 6.99. The molecule has 1 saturated heterocycles. The second-order valence-electron chi connectivity index (χ2n) is 6.37. The van der Waals surface area contributed by atoms with E-state index in [9.17, 15) is 0 Å². The maximum absolute atomic E-state index is 3.91. The molecular formula is C14H27NS. The molecule has 0 spiro atoms. The molecule has 0 aromatic carbocycles. The van der Waals surface area contributed by atoms with Crippen molar-refractivity contribution in [1.82, 2.24) is 5.32 Å². The summed E-state index contributed by atoms with van der Waals surface area (Å²) in [6, 6.07) is 1.62. The van der Waals surface area contributed by atoms with Crippen LogP contribution < -0.4 is 5.32 Å². The number of hydrogen-bond acceptors (Lipinski definition) is 2. The lowest BCUT2D eigenvalue weighted by atomic mass is 9.85. The molecule has 0 aromatic heterocycles. The molecule has 1 heterocycles. The third kappa shape index (κ3) is 3.96. The molecule has 2 rings (SSSR count). The van der Waals surface area contributed by atoms with E-state index in [1.54, 1.807) is 0 Å². The molecule has 0 amide bonds. The lowest BCUT2D eigenvalue weighted by Gasteiger charge is -2.28. The predicted molar refractivity (Wildman–Crippen MR) is 74.1 cm³/mol. The highest BCUT2D eigenvalue weighted by Gasteiger charge is 2.25. The van der Waals surface area contributed by atoms with Crippen molar-refractivity contribution in [3.63, 3.8) is 0 Å². The molecule has 2 atom stereocenters. The van der Waals surface area contributed by atoms with Crippen molar-refractivity contribution in [2.75, 3.05) is 11.5 Å². The minimum absolute atomic E-state index is 0.595. The summed E-state index contributed by atoms with van der Waals surface area (Å²) in [5.41, 5.74) is 0.595. The first-order valence-corrected chi connectivity index (χ1v) is 8.15. The van der Waals surface area contributed by atoms with Gasteiger partial charge in [0, 0.05) is 17.8 Å². The maximum atomic E-state index is 3.91. The zero-order chi connectivity index (χ0) is 11.4. The summed E-state index contributed by atoms with van der Waals surface area (Å²) < 4.78 is 0. The smallest absolute Gasteiger partial charge is 0.0161 e. The van der Waals surface area contributed by atoms with Crippen LogP contribution in [0.25, 0.3) is 0 Å². The van der Waals surface area contributed by atoms with Crippen LogP contribution in [0.3, 0.4) is 0 Å². The van der Waals surface area contributed by atoms with E-state index in [1.807, 2.05) is 0 Å². The molecule has 16 heavy (non-hydrogen) atoms. The fourth-order valence-corrected chi connectivity index (χ4v) is 4.12. The van der Waals surface area contributed by atoms with Crippen LogP contribution in [0, 0.1) is 5.41 Å². The fourth-order valence-electron chi connectivity index (χ4n) is 3.03. The number of rotatable bonds is 2. The topological polar surface area (TPSA) is 12.0 Å². The summed E-state index contributed by atoms with van der Waals surface area (Å²) in [6.07, 6.45) is 9.88. The average Bonchev–Trinajstić information content (AvgIpc) is 2.42. The van der Waals surface area contributed by atoms with Crippen LogP contribution in [0.5, 0.6) is 0 Å². The molecule has 1 saturated carbocycles. The Morgan fingerprint density at radius 1 is 1.00 bits per heavy atom. The standard InChI is InChI=1S/C14H27NS/c1-14(2)8-3-5-12(7-9-14)15-13-6-4-10-16-11-13/h12-13,15H,3-11H2,1-2H3. The van der Waals surface area contributed by atoms with Crippen molar-refractivity contribution >= 4 is 11.8 Å². The van der Waals surface area contributed by atoms with Gasteiger partial charge in [-0.05, 0) is 49.7 Å². The number of nitrogens with one attached hydrogen (secondary N) is 1. The van der Waals surface area contributed by atoms with Crippen molar-refractivity contribution in [3.8, 4) is 0 Å². The predicted octanol–water partition coefficient (Wildman–Crippen LogP) is 3.83. The molecule has 94 valence electrons. The van der Waals surface area contributed by atoms with Crippen LogP contribution in [0.4, 0.5) is 0 Å². The molecule has 0 aromatic rings. The summed E-state index contributed by atoms with van der Waals surface area (Å²) in [5, 5.41) is 3.91. The zero-order valence-corrected chi connectivity index (χ0v) is 11.7. The molecular weight excluding hydrogens is 214 g/mol. The number of thioether (sulfide) groups is 1. The van der Waals surface area contributed by atoms with Crippen LogP contribution in [0.2, 0.25) is 0 Å². The van der Waals surface area contributed by atoms with Crippen molar-refractivity contribution in [1.29, 1.82) is 0 Å². The summed E-state index contributed by atoms with van der Waals surface area (Å²) in [7, 11) is 0. The van der Waals surface area contributed by atoms with Gasteiger partial charge in [-0.2, -0.15) is 11.8 Å². The molecule has 1 aliphatic heterocycles. The monoisotopic (exact) mass is 241 g/mol. The van der Waals surface area contributed by atoms with E-state index in [4.69, 9.17) is 0 Å². The molecule has 1 aliphatic carbocycles. The van der Waals surface area contributed by atoms with Gasteiger partial charge >= 0.3 is 0 Å². The molecule has 0 bridgehead atoms. The van der Waals surface area contributed by atoms with Gasteiger partial charge in [-0.1, -0.05) is 20.3 Å². The maximum Gasteiger partial charge on any atom is 0.0161 e. The molecule has 2 unspecified atom stereocenters. The molecule has 0 radical (unpaired) electrons. The minimum Gasteiger partial charge on any atom is -0.310 e. The summed E-state index contributed by atoms with van der Waals surface area (Å²) in [5.74, 6) is 2.73. The highest BCUT2D eigenvalue weighted by Crippen LogP contribution is 2.34. The van der Waals surface area contributed by atoms with Gasteiger partial charge < -0.3 is 5.32 Å². The van der Waals surface area contributed by atoms with Crippen LogP contribution >= 0.6 is 11.8 Å². The number of hydrogen-bond donors (Lipinski definition) is 1. The van der Waals surface area contributed by atoms with E-state index in [0.29, 0.717) is 5.41 Å². The quantitative estimate of drug-likeness (QED) is 0.737. The van der Waals surface area contributed by atoms with E-state index in [2.05, 4.69) is 30.9 Å². The normalized spacial score (nSPS) is 35.6. The van der Waals surface area contributed by atoms with Crippen molar-refractivity contribution in [2.45, 2.75) is 70.9 Å². The van der Waals surface area contributed by atoms with E-state index in [0.717, 1.165) is 12.1 Å². The largest absolute Gasteiger partial charge is 0.310 e. The Morgan fingerprint density at radius 2 is 1.81 bits per heavy atom. The van der Waals surface area contributed by atoms with Crippen LogP contribution in [0.15, 0.2) is 0 Å². The molecule has 1 nitrogen and oxygen atoms in total. The van der Waals surface area contributed by atoms with Crippen molar-refractivity contribution in [3.05, 3.63) is 0 Å². The second-order valence-corrected chi connectivity index (χ2v) is 7.52. The SMILES string of the molecule is CC1(C)CCCC(NC2CCCSC2)CC1. The van der Waals surface area contributed by atoms with Crippen molar-refractivity contribution in [2.24, 2.45) is 5.41 Å². The molecule has 2 fully saturated rings. The van der Waals surface area contributed by atoms with Gasteiger partial charge in [0.05, 0.1) is 0 Å². The first-order chi connectivity index (χ1) is 7.66. The second kappa shape index (κ2) is 5.77. The minimum atomic E-state index is 0.595. The van der Waals surface area contributed by atoms with Gasteiger partial charge in [0.15, 0.2) is 0 Å². The molecule has 2 aliphatic rings. The van der Waals surface area contributed by atoms with Gasteiger partial charge in [0.2, 0.25) is 0 Å². The lowest BCUT2D eigenvalue weighted by molar-refractivity contribution is 0.306. The van der Waals surface area contributed by atoms with E-state index in [-0.39, 0.29) is 0 Å². The van der Waals surface area contributed by atoms with E-state index < -0.39 is 0 Å². The van der Waals surface area contributed by atoms with Crippen molar-refractivity contribution < 1.29 is 0 Å². The van der Waals surface area contributed by atoms with Crippen LogP contribution in [-0.2, 0) is 0 Å². The summed E-state index contributed by atoms with van der Waals surface area (Å²) in [6.45, 7) is 4.87. The highest BCUT2D eigenvalue weighted by atomic mass is 32.2. The average molecular weight is 241 g/mol. The Bertz CT molecular complexity index is 209. The lowest BCUT2D eigenvalue weighted by Crippen LogP contribution is -2.41. The van der Waals surface area contributed by atoms with Gasteiger partial charge in [0.1, 0.15) is 0 Å². The van der Waals surface area contributed by atoms with Gasteiger partial charge in [0.25, 0.3) is 0 Å². The summed E-state index contributed by atoms with van der Waals surface area (Å²) in [4.78, 5) is 0. The third-order valence-corrected chi connectivity index (χ3v) is 5.42. The van der Waals surface area contributed by atoms with Gasteiger partial charge in [-0.15, -0.1) is 0 Å². The van der Waals surface area contributed by atoms with E-state index >= 15 is 0 Å². The third-order valence-electron chi connectivity index (χ3n) is 4.21. The Kier molecular flexibility index (Phi) is 4.60. The Balaban J connectivity index is 1.76. The Morgan fingerprint density at radius 3 is 2.56 bits per heavy atom. The van der Waals surface area contributed by atoms with E-state index in [1.165, 1.54) is 56.5 Å². The summed E-state index contributed by atoms with van der Waals surface area (Å²) >= 11 is 2.13. The fraction of sp³-hybridized carbons (Fsp3) is 1.00. The zero-order valence-electron chi connectivity index (χ0n) is 10.9. The first kappa shape index (κ1) is 12.8. The van der Waals surface area contributed by atoms with Gasteiger partial charge in [-0.25, -0.2) is 0 Å². The van der Waals surface area contributed by atoms with Gasteiger partial charge in [-0.3, -0.25) is 0 Å². The molecule has 1 N–H and O–H groups in total. The highest BCUT2D eigenvalue weighted by molar-refractivity contribution is 7.99.